The van der Waals surface area contributed by atoms with Gasteiger partial charge in [0.1, 0.15) is 11.6 Å². The molecule has 0 spiro atoms. The fraction of sp³-hybridized carbons (Fsp3) is 0.500. The standard InChI is InChI=1S/C18H26N2O5/c1-11(2)18(12(3)4,17(24)25)20-14(16(22)23)10-15(21)19-13-8-6-5-7-9-13/h5-9,11-12,14,20H,10H2,1-4H3,(H,19,21)(H,22,23)(H,24,25). The molecular formula is C18H26N2O5. The molecule has 0 aliphatic carbocycles. The van der Waals surface area contributed by atoms with Crippen molar-refractivity contribution in [2.45, 2.75) is 45.7 Å². The van der Waals surface area contributed by atoms with Gasteiger partial charge in [-0.05, 0) is 24.0 Å². The summed E-state index contributed by atoms with van der Waals surface area (Å²) in [7, 11) is 0. The fourth-order valence-electron chi connectivity index (χ4n) is 2.96. The molecule has 7 nitrogen and oxygen atoms in total. The minimum atomic E-state index is -1.45. The van der Waals surface area contributed by atoms with Crippen LogP contribution in [-0.2, 0) is 14.4 Å². The zero-order valence-corrected chi connectivity index (χ0v) is 14.9. The van der Waals surface area contributed by atoms with Crippen LogP contribution in [0.1, 0.15) is 34.1 Å². The zero-order valence-electron chi connectivity index (χ0n) is 14.9. The lowest BCUT2D eigenvalue weighted by atomic mass is 9.76. The van der Waals surface area contributed by atoms with Crippen molar-refractivity contribution in [2.24, 2.45) is 11.8 Å². The highest BCUT2D eigenvalue weighted by atomic mass is 16.4. The average Bonchev–Trinajstić information content (AvgIpc) is 2.50. The number of para-hydroxylation sites is 1. The van der Waals surface area contributed by atoms with Gasteiger partial charge in [-0.15, -0.1) is 0 Å². The molecule has 1 rings (SSSR count). The number of hydrogen-bond donors (Lipinski definition) is 4. The molecule has 0 saturated heterocycles. The van der Waals surface area contributed by atoms with Crippen molar-refractivity contribution in [1.82, 2.24) is 5.32 Å². The van der Waals surface area contributed by atoms with Crippen molar-refractivity contribution in [3.63, 3.8) is 0 Å². The van der Waals surface area contributed by atoms with E-state index in [2.05, 4.69) is 10.6 Å². The van der Waals surface area contributed by atoms with E-state index in [1.165, 1.54) is 0 Å². The van der Waals surface area contributed by atoms with Crippen LogP contribution in [0, 0.1) is 11.8 Å². The molecule has 138 valence electrons. The highest BCUT2D eigenvalue weighted by Crippen LogP contribution is 2.28. The summed E-state index contributed by atoms with van der Waals surface area (Å²) in [5.74, 6) is -3.65. The summed E-state index contributed by atoms with van der Waals surface area (Å²) in [5.41, 5.74) is -0.898. The molecule has 0 radical (unpaired) electrons. The van der Waals surface area contributed by atoms with E-state index in [0.29, 0.717) is 5.69 Å². The van der Waals surface area contributed by atoms with E-state index in [1.807, 2.05) is 0 Å². The van der Waals surface area contributed by atoms with Gasteiger partial charge in [0.15, 0.2) is 0 Å². The Morgan fingerprint density at radius 1 is 1.00 bits per heavy atom. The number of carboxylic acids is 2. The normalized spacial score (nSPS) is 12.9. The Balaban J connectivity index is 2.97. The van der Waals surface area contributed by atoms with E-state index < -0.39 is 29.4 Å². The minimum absolute atomic E-state index is 0.371. The topological polar surface area (TPSA) is 116 Å². The van der Waals surface area contributed by atoms with Crippen LogP contribution in [0.3, 0.4) is 0 Å². The van der Waals surface area contributed by atoms with Crippen LogP contribution in [0.25, 0.3) is 0 Å². The quantitative estimate of drug-likeness (QED) is 0.542. The predicted octanol–water partition coefficient (Wildman–Crippen LogP) is 2.19. The molecule has 0 fully saturated rings. The lowest BCUT2D eigenvalue weighted by molar-refractivity contribution is -0.152. The number of hydrogen-bond acceptors (Lipinski definition) is 4. The molecule has 1 atom stereocenters. The monoisotopic (exact) mass is 350 g/mol. The van der Waals surface area contributed by atoms with Crippen LogP contribution in [0.4, 0.5) is 5.69 Å². The summed E-state index contributed by atoms with van der Waals surface area (Å²) in [6, 6.07) is 7.34. The zero-order chi connectivity index (χ0) is 19.2. The Bertz CT molecular complexity index is 605. The van der Waals surface area contributed by atoms with Gasteiger partial charge < -0.3 is 15.5 Å². The molecule has 0 aliphatic heterocycles. The second-order valence-corrected chi connectivity index (χ2v) is 6.64. The van der Waals surface area contributed by atoms with E-state index in [0.717, 1.165) is 0 Å². The molecular weight excluding hydrogens is 324 g/mol. The highest BCUT2D eigenvalue weighted by Gasteiger charge is 2.47. The molecule has 1 unspecified atom stereocenters. The molecule has 7 heteroatoms. The molecule has 0 bridgehead atoms. The number of anilines is 1. The van der Waals surface area contributed by atoms with Crippen LogP contribution in [0.15, 0.2) is 30.3 Å². The second-order valence-electron chi connectivity index (χ2n) is 6.64. The van der Waals surface area contributed by atoms with Gasteiger partial charge in [-0.2, -0.15) is 0 Å². The minimum Gasteiger partial charge on any atom is -0.480 e. The van der Waals surface area contributed by atoms with Gasteiger partial charge in [0.2, 0.25) is 5.91 Å². The molecule has 1 amide bonds. The van der Waals surface area contributed by atoms with Gasteiger partial charge in [0.05, 0.1) is 6.42 Å². The van der Waals surface area contributed by atoms with Gasteiger partial charge in [0.25, 0.3) is 0 Å². The van der Waals surface area contributed by atoms with E-state index >= 15 is 0 Å². The van der Waals surface area contributed by atoms with Gasteiger partial charge in [-0.3, -0.25) is 19.7 Å². The molecule has 0 aromatic heterocycles. The average molecular weight is 350 g/mol. The molecule has 1 aromatic rings. The molecule has 25 heavy (non-hydrogen) atoms. The summed E-state index contributed by atoms with van der Waals surface area (Å²) in [6.07, 6.45) is -0.376. The summed E-state index contributed by atoms with van der Waals surface area (Å²) in [5, 5.41) is 24.5. The largest absolute Gasteiger partial charge is 0.480 e. The molecule has 1 aromatic carbocycles. The van der Waals surface area contributed by atoms with Gasteiger partial charge in [-0.25, -0.2) is 0 Å². The second kappa shape index (κ2) is 8.62. The lowest BCUT2D eigenvalue weighted by Crippen LogP contribution is -2.64. The highest BCUT2D eigenvalue weighted by molar-refractivity contribution is 5.94. The maximum Gasteiger partial charge on any atom is 0.324 e. The first-order valence-corrected chi connectivity index (χ1v) is 8.20. The number of rotatable bonds is 9. The van der Waals surface area contributed by atoms with Gasteiger partial charge in [0, 0.05) is 5.69 Å². The van der Waals surface area contributed by atoms with Crippen molar-refractivity contribution in [3.8, 4) is 0 Å². The predicted molar refractivity (Wildman–Crippen MR) is 94.3 cm³/mol. The van der Waals surface area contributed by atoms with E-state index in [9.17, 15) is 24.6 Å². The maximum absolute atomic E-state index is 12.2. The Kier molecular flexibility index (Phi) is 7.11. The number of carbonyl (C=O) groups is 3. The number of amides is 1. The maximum atomic E-state index is 12.2. The Morgan fingerprint density at radius 3 is 1.92 bits per heavy atom. The summed E-state index contributed by atoms with van der Waals surface area (Å²) < 4.78 is 0. The molecule has 0 heterocycles. The van der Waals surface area contributed by atoms with Gasteiger partial charge in [-0.1, -0.05) is 45.9 Å². The van der Waals surface area contributed by atoms with Crippen molar-refractivity contribution in [3.05, 3.63) is 30.3 Å². The first-order valence-electron chi connectivity index (χ1n) is 8.20. The number of carboxylic acid groups (broad SMARTS) is 2. The summed E-state index contributed by atoms with van der Waals surface area (Å²) >= 11 is 0. The van der Waals surface area contributed by atoms with Crippen molar-refractivity contribution in [2.75, 3.05) is 5.32 Å². The van der Waals surface area contributed by atoms with Crippen LogP contribution < -0.4 is 10.6 Å². The number of carbonyl (C=O) groups excluding carboxylic acids is 1. The Labute approximate surface area is 147 Å². The van der Waals surface area contributed by atoms with Gasteiger partial charge >= 0.3 is 11.9 Å². The third-order valence-electron chi connectivity index (χ3n) is 4.33. The summed E-state index contributed by atoms with van der Waals surface area (Å²) in [4.78, 5) is 35.6. The van der Waals surface area contributed by atoms with Crippen LogP contribution in [0.2, 0.25) is 0 Å². The Hall–Kier alpha value is -2.41. The van der Waals surface area contributed by atoms with E-state index in [1.54, 1.807) is 58.0 Å². The smallest absolute Gasteiger partial charge is 0.324 e. The lowest BCUT2D eigenvalue weighted by Gasteiger charge is -2.40. The van der Waals surface area contributed by atoms with Crippen molar-refractivity contribution in [1.29, 1.82) is 0 Å². The van der Waals surface area contributed by atoms with Crippen molar-refractivity contribution >= 4 is 23.5 Å². The third-order valence-corrected chi connectivity index (χ3v) is 4.33. The number of nitrogens with one attached hydrogen (secondary N) is 2. The first-order chi connectivity index (χ1) is 11.6. The number of benzene rings is 1. The fourth-order valence-corrected chi connectivity index (χ4v) is 2.96. The van der Waals surface area contributed by atoms with Crippen LogP contribution >= 0.6 is 0 Å². The molecule has 0 aliphatic rings. The van der Waals surface area contributed by atoms with E-state index in [4.69, 9.17) is 0 Å². The number of aliphatic carboxylic acids is 2. The SMILES string of the molecule is CC(C)C(NC(CC(=O)Nc1ccccc1)C(=O)O)(C(=O)O)C(C)C. The third kappa shape index (κ3) is 5.03. The van der Waals surface area contributed by atoms with Crippen LogP contribution in [-0.4, -0.2) is 39.6 Å². The van der Waals surface area contributed by atoms with Crippen LogP contribution in [0.5, 0.6) is 0 Å². The Morgan fingerprint density at radius 2 is 1.52 bits per heavy atom. The van der Waals surface area contributed by atoms with Crippen molar-refractivity contribution < 1.29 is 24.6 Å². The molecule has 4 N–H and O–H groups in total. The summed E-state index contributed by atoms with van der Waals surface area (Å²) in [6.45, 7) is 6.85. The molecule has 0 saturated carbocycles. The first kappa shape index (κ1) is 20.6. The van der Waals surface area contributed by atoms with E-state index in [-0.39, 0.29) is 18.3 Å².